The summed E-state index contributed by atoms with van der Waals surface area (Å²) < 4.78 is 2.08. The number of nitrogens with zero attached hydrogens (tertiary/aromatic N) is 4. The standard InChI is InChI=1S/C21H29N5O2S/c1-5-18(27)22-19(14(2)3)20-24-23-17-10-11-25(12-13-26(17)20)21(28)15-8-6-7-9-16(15)29-4/h6-9,14,19H,5,10-13H2,1-4H3,(H,22,27). The first-order chi connectivity index (χ1) is 14.0. The zero-order valence-electron chi connectivity index (χ0n) is 17.5. The van der Waals surface area contributed by atoms with E-state index in [0.717, 1.165) is 22.1 Å². The summed E-state index contributed by atoms with van der Waals surface area (Å²) in [5.41, 5.74) is 0.744. The highest BCUT2D eigenvalue weighted by Gasteiger charge is 2.28. The molecule has 2 aromatic rings. The third-order valence-corrected chi connectivity index (χ3v) is 6.06. The monoisotopic (exact) mass is 415 g/mol. The third-order valence-electron chi connectivity index (χ3n) is 5.26. The maximum absolute atomic E-state index is 13.1. The number of hydrogen-bond donors (Lipinski definition) is 1. The van der Waals surface area contributed by atoms with E-state index in [-0.39, 0.29) is 23.8 Å². The molecule has 2 amide bonds. The van der Waals surface area contributed by atoms with Gasteiger partial charge in [0.1, 0.15) is 5.82 Å². The molecule has 1 aromatic heterocycles. The van der Waals surface area contributed by atoms with Crippen LogP contribution >= 0.6 is 11.8 Å². The van der Waals surface area contributed by atoms with Crippen molar-refractivity contribution < 1.29 is 9.59 Å². The number of nitrogens with one attached hydrogen (secondary N) is 1. The van der Waals surface area contributed by atoms with E-state index >= 15 is 0 Å². The molecule has 7 nitrogen and oxygen atoms in total. The van der Waals surface area contributed by atoms with Crippen molar-refractivity contribution in [3.63, 3.8) is 0 Å². The summed E-state index contributed by atoms with van der Waals surface area (Å²) in [6.45, 7) is 7.78. The zero-order valence-corrected chi connectivity index (χ0v) is 18.3. The molecule has 1 atom stereocenters. The fourth-order valence-corrected chi connectivity index (χ4v) is 4.16. The number of carbonyl (C=O) groups is 2. The minimum absolute atomic E-state index is 0.000138. The Morgan fingerprint density at radius 2 is 1.93 bits per heavy atom. The van der Waals surface area contributed by atoms with Gasteiger partial charge >= 0.3 is 0 Å². The highest BCUT2D eigenvalue weighted by atomic mass is 32.2. The second-order valence-corrected chi connectivity index (χ2v) is 8.36. The van der Waals surface area contributed by atoms with E-state index in [9.17, 15) is 9.59 Å². The molecule has 1 unspecified atom stereocenters. The van der Waals surface area contributed by atoms with Gasteiger partial charge in [0.25, 0.3) is 5.91 Å². The Hall–Kier alpha value is -2.35. The second-order valence-electron chi connectivity index (χ2n) is 7.51. The molecule has 0 saturated heterocycles. The van der Waals surface area contributed by atoms with Gasteiger partial charge in [-0.1, -0.05) is 32.9 Å². The molecule has 0 spiro atoms. The summed E-state index contributed by atoms with van der Waals surface area (Å²) in [6.07, 6.45) is 3.06. The molecule has 1 aliphatic heterocycles. The van der Waals surface area contributed by atoms with Crippen molar-refractivity contribution in [1.29, 1.82) is 0 Å². The Bertz CT molecular complexity index is 880. The van der Waals surface area contributed by atoms with Crippen LogP contribution in [0, 0.1) is 5.92 Å². The van der Waals surface area contributed by atoms with Gasteiger partial charge in [-0.15, -0.1) is 22.0 Å². The topological polar surface area (TPSA) is 80.1 Å². The number of aromatic nitrogens is 3. The summed E-state index contributed by atoms with van der Waals surface area (Å²) in [6, 6.07) is 7.53. The largest absolute Gasteiger partial charge is 0.346 e. The van der Waals surface area contributed by atoms with E-state index in [1.165, 1.54) is 0 Å². The Labute approximate surface area is 176 Å². The Morgan fingerprint density at radius 3 is 2.62 bits per heavy atom. The maximum atomic E-state index is 13.1. The number of amides is 2. The predicted molar refractivity (Wildman–Crippen MR) is 114 cm³/mol. The van der Waals surface area contributed by atoms with Crippen LogP contribution in [0.4, 0.5) is 0 Å². The molecule has 2 heterocycles. The van der Waals surface area contributed by atoms with Gasteiger partial charge in [-0.2, -0.15) is 0 Å². The number of carbonyl (C=O) groups excluding carboxylic acids is 2. The molecule has 0 bridgehead atoms. The average Bonchev–Trinajstić information content (AvgIpc) is 3.01. The summed E-state index contributed by atoms with van der Waals surface area (Å²) in [5.74, 6) is 1.88. The summed E-state index contributed by atoms with van der Waals surface area (Å²) in [5, 5.41) is 11.8. The summed E-state index contributed by atoms with van der Waals surface area (Å²) >= 11 is 1.58. The molecule has 1 N–H and O–H groups in total. The van der Waals surface area contributed by atoms with Crippen molar-refractivity contribution in [3.05, 3.63) is 41.5 Å². The SMILES string of the molecule is CCC(=O)NC(c1nnc2n1CCN(C(=O)c1ccccc1SC)CC2)C(C)C. The van der Waals surface area contributed by atoms with E-state index in [1.54, 1.807) is 11.8 Å². The van der Waals surface area contributed by atoms with Crippen LogP contribution in [0.25, 0.3) is 0 Å². The minimum Gasteiger partial charge on any atom is -0.346 e. The fourth-order valence-electron chi connectivity index (χ4n) is 3.57. The molecular weight excluding hydrogens is 386 g/mol. The molecular formula is C21H29N5O2S. The maximum Gasteiger partial charge on any atom is 0.255 e. The Morgan fingerprint density at radius 1 is 1.17 bits per heavy atom. The lowest BCUT2D eigenvalue weighted by Gasteiger charge is -2.23. The van der Waals surface area contributed by atoms with Gasteiger partial charge < -0.3 is 14.8 Å². The number of rotatable bonds is 6. The third kappa shape index (κ3) is 4.63. The Balaban J connectivity index is 1.80. The quantitative estimate of drug-likeness (QED) is 0.734. The van der Waals surface area contributed by atoms with Gasteiger partial charge in [-0.3, -0.25) is 9.59 Å². The normalized spacial score (nSPS) is 15.0. The number of fused-ring (bicyclic) bond motifs is 1. The van der Waals surface area contributed by atoms with Crippen LogP contribution in [0.5, 0.6) is 0 Å². The average molecular weight is 416 g/mol. The highest BCUT2D eigenvalue weighted by Crippen LogP contribution is 2.25. The van der Waals surface area contributed by atoms with Crippen LogP contribution in [0.1, 0.15) is 55.2 Å². The van der Waals surface area contributed by atoms with Crippen molar-refractivity contribution in [2.45, 2.75) is 51.1 Å². The van der Waals surface area contributed by atoms with Gasteiger partial charge in [0.2, 0.25) is 5.91 Å². The summed E-state index contributed by atoms with van der Waals surface area (Å²) in [7, 11) is 0. The molecule has 156 valence electrons. The van der Waals surface area contributed by atoms with Gasteiger partial charge in [-0.25, -0.2) is 0 Å². The van der Waals surface area contributed by atoms with E-state index in [1.807, 2.05) is 42.3 Å². The minimum atomic E-state index is -0.192. The first-order valence-corrected chi connectivity index (χ1v) is 11.3. The van der Waals surface area contributed by atoms with Crippen LogP contribution in [0.2, 0.25) is 0 Å². The van der Waals surface area contributed by atoms with Crippen molar-refractivity contribution in [1.82, 2.24) is 25.0 Å². The molecule has 0 saturated carbocycles. The van der Waals surface area contributed by atoms with E-state index in [4.69, 9.17) is 0 Å². The molecule has 8 heteroatoms. The van der Waals surface area contributed by atoms with Crippen LogP contribution in [-0.4, -0.2) is 50.8 Å². The molecule has 0 aliphatic carbocycles. The van der Waals surface area contributed by atoms with Crippen molar-refractivity contribution in [2.75, 3.05) is 19.3 Å². The summed E-state index contributed by atoms with van der Waals surface area (Å²) in [4.78, 5) is 28.0. The van der Waals surface area contributed by atoms with Crippen molar-refractivity contribution >= 4 is 23.6 Å². The van der Waals surface area contributed by atoms with Crippen LogP contribution in [0.3, 0.4) is 0 Å². The Kier molecular flexibility index (Phi) is 6.95. The number of hydrogen-bond acceptors (Lipinski definition) is 5. The molecule has 29 heavy (non-hydrogen) atoms. The molecule has 3 rings (SSSR count). The molecule has 0 radical (unpaired) electrons. The lowest BCUT2D eigenvalue weighted by molar-refractivity contribution is -0.121. The van der Waals surface area contributed by atoms with Crippen LogP contribution in [-0.2, 0) is 17.8 Å². The van der Waals surface area contributed by atoms with Crippen molar-refractivity contribution in [3.8, 4) is 0 Å². The van der Waals surface area contributed by atoms with Gasteiger partial charge in [0.15, 0.2) is 5.82 Å². The van der Waals surface area contributed by atoms with E-state index in [0.29, 0.717) is 32.5 Å². The highest BCUT2D eigenvalue weighted by molar-refractivity contribution is 7.98. The first kappa shape index (κ1) is 21.4. The molecule has 1 aromatic carbocycles. The zero-order chi connectivity index (χ0) is 21.0. The second kappa shape index (κ2) is 9.43. The van der Waals surface area contributed by atoms with Gasteiger partial charge in [-0.05, 0) is 24.3 Å². The van der Waals surface area contributed by atoms with Crippen LogP contribution < -0.4 is 5.32 Å². The lowest BCUT2D eigenvalue weighted by Crippen LogP contribution is -2.35. The van der Waals surface area contributed by atoms with Gasteiger partial charge in [0.05, 0.1) is 11.6 Å². The van der Waals surface area contributed by atoms with E-state index < -0.39 is 0 Å². The van der Waals surface area contributed by atoms with Crippen LogP contribution in [0.15, 0.2) is 29.2 Å². The van der Waals surface area contributed by atoms with Crippen molar-refractivity contribution in [2.24, 2.45) is 5.92 Å². The molecule has 1 aliphatic rings. The smallest absolute Gasteiger partial charge is 0.255 e. The first-order valence-electron chi connectivity index (χ1n) is 10.1. The predicted octanol–water partition coefficient (Wildman–Crippen LogP) is 2.92. The number of benzene rings is 1. The van der Waals surface area contributed by atoms with Gasteiger partial charge in [0, 0.05) is 37.4 Å². The number of thioether (sulfide) groups is 1. The lowest BCUT2D eigenvalue weighted by atomic mass is 10.0. The van der Waals surface area contributed by atoms with E-state index in [2.05, 4.69) is 33.9 Å². The molecule has 0 fully saturated rings. The fraction of sp³-hybridized carbons (Fsp3) is 0.524.